The predicted molar refractivity (Wildman–Crippen MR) is 118 cm³/mol. The van der Waals surface area contributed by atoms with Crippen molar-refractivity contribution in [1.29, 1.82) is 0 Å². The van der Waals surface area contributed by atoms with Gasteiger partial charge < -0.3 is 14.8 Å². The summed E-state index contributed by atoms with van der Waals surface area (Å²) in [7, 11) is 3.09. The largest absolute Gasteiger partial charge is 0.493 e. The minimum atomic E-state index is -1.15. The lowest BCUT2D eigenvalue weighted by molar-refractivity contribution is -0.131. The molecule has 1 saturated heterocycles. The van der Waals surface area contributed by atoms with Gasteiger partial charge in [-0.25, -0.2) is 4.79 Å². The van der Waals surface area contributed by atoms with Crippen LogP contribution in [-0.4, -0.2) is 31.1 Å². The summed E-state index contributed by atoms with van der Waals surface area (Å²) in [6.07, 6.45) is 0. The van der Waals surface area contributed by atoms with Crippen LogP contribution in [0.1, 0.15) is 18.1 Å². The average molecular weight is 469 g/mol. The van der Waals surface area contributed by atoms with Gasteiger partial charge in [0.25, 0.3) is 5.91 Å². The van der Waals surface area contributed by atoms with Crippen molar-refractivity contribution in [3.05, 3.63) is 70.2 Å². The van der Waals surface area contributed by atoms with E-state index < -0.39 is 11.6 Å². The normalized spacial score (nSPS) is 18.6. The van der Waals surface area contributed by atoms with Gasteiger partial charge in [0, 0.05) is 0 Å². The molecule has 4 rings (SSSR count). The highest BCUT2D eigenvalue weighted by Crippen LogP contribution is 2.39. The van der Waals surface area contributed by atoms with E-state index in [2.05, 4.69) is 21.2 Å². The molecule has 1 aliphatic heterocycles. The Bertz CT molecular complexity index is 1160. The molecule has 30 heavy (non-hydrogen) atoms. The smallest absolute Gasteiger partial charge is 0.325 e. The molecule has 1 aliphatic rings. The first-order chi connectivity index (χ1) is 14.4. The zero-order valence-electron chi connectivity index (χ0n) is 16.9. The van der Waals surface area contributed by atoms with E-state index in [0.717, 1.165) is 21.9 Å². The van der Waals surface area contributed by atoms with E-state index >= 15 is 0 Å². The highest BCUT2D eigenvalue weighted by molar-refractivity contribution is 9.10. The maximum atomic E-state index is 13.4. The number of imide groups is 1. The predicted octanol–water partition coefficient (Wildman–Crippen LogP) is 4.59. The Morgan fingerprint density at radius 2 is 1.73 bits per heavy atom. The highest BCUT2D eigenvalue weighted by atomic mass is 79.9. The molecule has 0 aliphatic carbocycles. The quantitative estimate of drug-likeness (QED) is 0.556. The van der Waals surface area contributed by atoms with E-state index in [4.69, 9.17) is 9.47 Å². The van der Waals surface area contributed by atoms with Crippen LogP contribution >= 0.6 is 15.9 Å². The van der Waals surface area contributed by atoms with E-state index in [0.29, 0.717) is 16.0 Å². The lowest BCUT2D eigenvalue weighted by Crippen LogP contribution is -2.41. The molecule has 1 fully saturated rings. The molecular weight excluding hydrogens is 448 g/mol. The molecular formula is C23H21BrN2O4. The van der Waals surface area contributed by atoms with Crippen LogP contribution in [0.2, 0.25) is 0 Å². The number of methoxy groups -OCH3 is 2. The molecule has 0 aromatic heterocycles. The summed E-state index contributed by atoms with van der Waals surface area (Å²) in [6, 6.07) is 16.7. The van der Waals surface area contributed by atoms with Crippen LogP contribution in [0.25, 0.3) is 10.8 Å². The summed E-state index contributed by atoms with van der Waals surface area (Å²) in [6.45, 7) is 1.85. The summed E-state index contributed by atoms with van der Waals surface area (Å²) in [5, 5.41) is 4.84. The Morgan fingerprint density at radius 3 is 2.47 bits per heavy atom. The van der Waals surface area contributed by atoms with Gasteiger partial charge in [-0.1, -0.05) is 48.5 Å². The van der Waals surface area contributed by atoms with Crippen LogP contribution in [-0.2, 0) is 16.9 Å². The number of fused-ring (bicyclic) bond motifs is 1. The Labute approximate surface area is 182 Å². The van der Waals surface area contributed by atoms with Crippen molar-refractivity contribution >= 4 is 38.6 Å². The fourth-order valence-electron chi connectivity index (χ4n) is 3.91. The number of hydrogen-bond donors (Lipinski definition) is 1. The van der Waals surface area contributed by atoms with Crippen LogP contribution in [0, 0.1) is 0 Å². The summed E-state index contributed by atoms with van der Waals surface area (Å²) >= 11 is 3.51. The molecule has 0 bridgehead atoms. The van der Waals surface area contributed by atoms with Gasteiger partial charge in [-0.2, -0.15) is 0 Å². The van der Waals surface area contributed by atoms with Crippen molar-refractivity contribution in [3.8, 4) is 11.5 Å². The first-order valence-electron chi connectivity index (χ1n) is 9.42. The van der Waals surface area contributed by atoms with E-state index in [1.165, 1.54) is 12.0 Å². The standard InChI is InChI=1S/C23H21BrN2O4/c1-23(17-10-6-8-14-7-4-5-9-16(14)17)21(27)26(22(28)25-23)13-15-11-12-18(29-2)20(30-3)19(15)24/h4-12H,13H2,1-3H3,(H,25,28). The average Bonchev–Trinajstić information content (AvgIpc) is 2.98. The van der Waals surface area contributed by atoms with E-state index in [9.17, 15) is 9.59 Å². The first-order valence-corrected chi connectivity index (χ1v) is 10.2. The number of halogens is 1. The summed E-state index contributed by atoms with van der Waals surface area (Å²) in [5.74, 6) is 0.773. The second kappa shape index (κ2) is 7.65. The summed E-state index contributed by atoms with van der Waals surface area (Å²) < 4.78 is 11.4. The van der Waals surface area contributed by atoms with Crippen molar-refractivity contribution in [1.82, 2.24) is 10.2 Å². The maximum Gasteiger partial charge on any atom is 0.325 e. The number of carbonyl (C=O) groups is 2. The molecule has 1 heterocycles. The van der Waals surface area contributed by atoms with Gasteiger partial charge in [0.15, 0.2) is 11.5 Å². The van der Waals surface area contributed by atoms with Crippen LogP contribution < -0.4 is 14.8 Å². The maximum absolute atomic E-state index is 13.4. The third-order valence-corrected chi connectivity index (χ3v) is 6.37. The molecule has 3 aromatic rings. The molecule has 0 spiro atoms. The Hall–Kier alpha value is -3.06. The number of nitrogens with zero attached hydrogens (tertiary/aromatic N) is 1. The van der Waals surface area contributed by atoms with Crippen LogP contribution in [0.15, 0.2) is 59.1 Å². The van der Waals surface area contributed by atoms with E-state index in [-0.39, 0.29) is 12.5 Å². The Kier molecular flexibility index (Phi) is 5.15. The van der Waals surface area contributed by atoms with Gasteiger partial charge in [-0.3, -0.25) is 9.69 Å². The van der Waals surface area contributed by atoms with E-state index in [1.807, 2.05) is 42.5 Å². The second-order valence-corrected chi connectivity index (χ2v) is 8.04. The van der Waals surface area contributed by atoms with Crippen molar-refractivity contribution in [3.63, 3.8) is 0 Å². The number of carbonyl (C=O) groups excluding carboxylic acids is 2. The first kappa shape index (κ1) is 20.2. The Balaban J connectivity index is 1.72. The van der Waals surface area contributed by atoms with Crippen molar-refractivity contribution in [2.24, 2.45) is 0 Å². The van der Waals surface area contributed by atoms with Crippen LogP contribution in [0.5, 0.6) is 11.5 Å². The number of urea groups is 1. The fraction of sp³-hybridized carbons (Fsp3) is 0.217. The Morgan fingerprint density at radius 1 is 1.00 bits per heavy atom. The van der Waals surface area contributed by atoms with Gasteiger partial charge in [-0.05, 0) is 50.8 Å². The summed E-state index contributed by atoms with van der Waals surface area (Å²) in [5.41, 5.74) is 0.354. The molecule has 0 saturated carbocycles. The van der Waals surface area contributed by atoms with Crippen LogP contribution in [0.4, 0.5) is 4.79 Å². The van der Waals surface area contributed by atoms with Gasteiger partial charge in [0.05, 0.1) is 25.2 Å². The summed E-state index contributed by atoms with van der Waals surface area (Å²) in [4.78, 5) is 27.5. The zero-order valence-corrected chi connectivity index (χ0v) is 18.4. The van der Waals surface area contributed by atoms with Crippen molar-refractivity contribution in [2.45, 2.75) is 19.0 Å². The molecule has 1 N–H and O–H groups in total. The lowest BCUT2D eigenvalue weighted by atomic mass is 9.88. The molecule has 3 amide bonds. The van der Waals surface area contributed by atoms with E-state index in [1.54, 1.807) is 26.2 Å². The lowest BCUT2D eigenvalue weighted by Gasteiger charge is -2.24. The second-order valence-electron chi connectivity index (χ2n) is 7.25. The highest BCUT2D eigenvalue weighted by Gasteiger charge is 2.49. The molecule has 154 valence electrons. The number of benzene rings is 3. The minimum Gasteiger partial charge on any atom is -0.493 e. The minimum absolute atomic E-state index is 0.103. The monoisotopic (exact) mass is 468 g/mol. The molecule has 7 heteroatoms. The van der Waals surface area contributed by atoms with Gasteiger partial charge in [0.2, 0.25) is 0 Å². The van der Waals surface area contributed by atoms with Crippen molar-refractivity contribution in [2.75, 3.05) is 14.2 Å². The third-order valence-electron chi connectivity index (χ3n) is 5.50. The third kappa shape index (κ3) is 3.10. The number of ether oxygens (including phenoxy) is 2. The fourth-order valence-corrected chi connectivity index (χ4v) is 4.52. The van der Waals surface area contributed by atoms with Crippen molar-refractivity contribution < 1.29 is 19.1 Å². The van der Waals surface area contributed by atoms with Gasteiger partial charge >= 0.3 is 6.03 Å². The van der Waals surface area contributed by atoms with Gasteiger partial charge in [0.1, 0.15) is 5.54 Å². The number of amides is 3. The topological polar surface area (TPSA) is 67.9 Å². The molecule has 1 atom stereocenters. The number of rotatable bonds is 5. The van der Waals surface area contributed by atoms with Crippen LogP contribution in [0.3, 0.4) is 0 Å². The number of hydrogen-bond acceptors (Lipinski definition) is 4. The molecule has 1 unspecified atom stereocenters. The molecule has 3 aromatic carbocycles. The number of nitrogens with one attached hydrogen (secondary N) is 1. The molecule has 0 radical (unpaired) electrons. The molecule has 6 nitrogen and oxygen atoms in total. The zero-order chi connectivity index (χ0) is 21.5. The SMILES string of the molecule is COc1ccc(CN2C(=O)NC(C)(c3cccc4ccccc34)C2=O)c(Br)c1OC. The van der Waals surface area contributed by atoms with Gasteiger partial charge in [-0.15, -0.1) is 0 Å².